The first-order valence-electron chi connectivity index (χ1n) is 6.09. The lowest BCUT2D eigenvalue weighted by molar-refractivity contribution is 0.102. The number of rotatable bonds is 2. The summed E-state index contributed by atoms with van der Waals surface area (Å²) in [5, 5.41) is 2.79. The highest BCUT2D eigenvalue weighted by Crippen LogP contribution is 2.23. The molecule has 0 radical (unpaired) electrons. The molecule has 0 bridgehead atoms. The van der Waals surface area contributed by atoms with E-state index >= 15 is 0 Å². The average molecular weight is 337 g/mol. The molecule has 0 saturated carbocycles. The molecule has 2 rings (SSSR count). The lowest BCUT2D eigenvalue weighted by Gasteiger charge is -2.12. The molecule has 0 aliphatic carbocycles. The number of carbonyl (C=O) groups is 1. The number of nitrogens with zero attached hydrogens (tertiary/aromatic N) is 1. The van der Waals surface area contributed by atoms with Crippen molar-refractivity contribution in [2.45, 2.75) is 20.8 Å². The minimum absolute atomic E-state index is 0.254. The van der Waals surface area contributed by atoms with Crippen LogP contribution < -0.4 is 5.32 Å². The van der Waals surface area contributed by atoms with Gasteiger partial charge in [0, 0.05) is 10.2 Å². The minimum Gasteiger partial charge on any atom is -0.320 e. The second-order valence-electron chi connectivity index (χ2n) is 4.62. The zero-order valence-electron chi connectivity index (χ0n) is 11.4. The third kappa shape index (κ3) is 3.04. The molecule has 0 unspecified atom stereocenters. The smallest absolute Gasteiger partial charge is 0.256 e. The fraction of sp³-hybridized carbons (Fsp3) is 0.200. The molecule has 0 spiro atoms. The van der Waals surface area contributed by atoms with Crippen molar-refractivity contribution >= 4 is 27.5 Å². The molecule has 0 fully saturated rings. The van der Waals surface area contributed by atoms with Gasteiger partial charge >= 0.3 is 0 Å². The predicted molar refractivity (Wildman–Crippen MR) is 80.5 cm³/mol. The Morgan fingerprint density at radius 1 is 1.25 bits per heavy atom. The van der Waals surface area contributed by atoms with Gasteiger partial charge in [0.05, 0.1) is 16.9 Å². The van der Waals surface area contributed by atoms with Crippen LogP contribution in [0.1, 0.15) is 27.3 Å². The summed E-state index contributed by atoms with van der Waals surface area (Å²) in [4.78, 5) is 16.6. The number of nitrogens with one attached hydrogen (secondary N) is 1. The van der Waals surface area contributed by atoms with Crippen molar-refractivity contribution in [2.75, 3.05) is 5.32 Å². The van der Waals surface area contributed by atoms with Crippen LogP contribution in [0.5, 0.6) is 0 Å². The van der Waals surface area contributed by atoms with Gasteiger partial charge < -0.3 is 5.32 Å². The quantitative estimate of drug-likeness (QED) is 0.894. The Bertz CT molecular complexity index is 663. The maximum atomic E-state index is 13.2. The van der Waals surface area contributed by atoms with Crippen molar-refractivity contribution < 1.29 is 9.18 Å². The standard InChI is InChI=1S/C15H14BrFN2O/c1-8-6-9(2)18-10(3)14(8)19-15(20)12-7-11(17)4-5-13(12)16/h4-7H,1-3H3,(H,19,20). The molecule has 0 aliphatic rings. The molecule has 0 saturated heterocycles. The van der Waals surface area contributed by atoms with Gasteiger partial charge in [0.1, 0.15) is 5.82 Å². The molecular formula is C15H14BrFN2O. The summed E-state index contributed by atoms with van der Waals surface area (Å²) >= 11 is 3.25. The fourth-order valence-corrected chi connectivity index (χ4v) is 2.49. The van der Waals surface area contributed by atoms with Crippen LogP contribution in [-0.4, -0.2) is 10.9 Å². The second kappa shape index (κ2) is 5.71. The first kappa shape index (κ1) is 14.7. The molecule has 1 aromatic heterocycles. The van der Waals surface area contributed by atoms with Crippen molar-refractivity contribution in [1.82, 2.24) is 4.98 Å². The fourth-order valence-electron chi connectivity index (χ4n) is 2.06. The van der Waals surface area contributed by atoms with Crippen molar-refractivity contribution in [3.8, 4) is 0 Å². The number of benzene rings is 1. The van der Waals surface area contributed by atoms with E-state index in [2.05, 4.69) is 26.2 Å². The Morgan fingerprint density at radius 3 is 2.60 bits per heavy atom. The van der Waals surface area contributed by atoms with E-state index in [0.717, 1.165) is 17.0 Å². The van der Waals surface area contributed by atoms with Gasteiger partial charge in [-0.2, -0.15) is 0 Å². The topological polar surface area (TPSA) is 42.0 Å². The van der Waals surface area contributed by atoms with Crippen LogP contribution in [0.15, 0.2) is 28.7 Å². The molecule has 3 nitrogen and oxygen atoms in total. The molecule has 0 aliphatic heterocycles. The van der Waals surface area contributed by atoms with Gasteiger partial charge in [-0.05, 0) is 66.5 Å². The Balaban J connectivity index is 2.35. The maximum Gasteiger partial charge on any atom is 0.256 e. The van der Waals surface area contributed by atoms with Crippen LogP contribution in [-0.2, 0) is 0 Å². The van der Waals surface area contributed by atoms with Gasteiger partial charge in [-0.1, -0.05) is 0 Å². The van der Waals surface area contributed by atoms with E-state index < -0.39 is 5.82 Å². The Labute approximate surface area is 125 Å². The van der Waals surface area contributed by atoms with Gasteiger partial charge in [-0.15, -0.1) is 0 Å². The predicted octanol–water partition coefficient (Wildman–Crippen LogP) is 4.16. The first-order chi connectivity index (χ1) is 9.38. The van der Waals surface area contributed by atoms with Crippen LogP contribution in [0.4, 0.5) is 10.1 Å². The summed E-state index contributed by atoms with van der Waals surface area (Å²) in [6, 6.07) is 5.90. The number of pyridine rings is 1. The molecule has 1 N–H and O–H groups in total. The summed E-state index contributed by atoms with van der Waals surface area (Å²) in [6.07, 6.45) is 0. The number of hydrogen-bond donors (Lipinski definition) is 1. The van der Waals surface area contributed by atoms with E-state index in [9.17, 15) is 9.18 Å². The summed E-state index contributed by atoms with van der Waals surface area (Å²) in [5.41, 5.74) is 3.48. The number of hydrogen-bond acceptors (Lipinski definition) is 2. The molecular weight excluding hydrogens is 323 g/mol. The Kier molecular flexibility index (Phi) is 4.18. The monoisotopic (exact) mass is 336 g/mol. The molecule has 0 atom stereocenters. The normalized spacial score (nSPS) is 10.4. The zero-order chi connectivity index (χ0) is 14.9. The highest BCUT2D eigenvalue weighted by molar-refractivity contribution is 9.10. The van der Waals surface area contributed by atoms with Crippen LogP contribution in [0.3, 0.4) is 0 Å². The molecule has 5 heteroatoms. The van der Waals surface area contributed by atoms with E-state index in [4.69, 9.17) is 0 Å². The first-order valence-corrected chi connectivity index (χ1v) is 6.89. The van der Waals surface area contributed by atoms with E-state index in [1.165, 1.54) is 18.2 Å². The summed E-state index contributed by atoms with van der Waals surface area (Å²) < 4.78 is 13.8. The average Bonchev–Trinajstić information content (AvgIpc) is 2.36. The molecule has 20 heavy (non-hydrogen) atoms. The third-order valence-corrected chi connectivity index (χ3v) is 3.63. The third-order valence-electron chi connectivity index (χ3n) is 2.94. The van der Waals surface area contributed by atoms with E-state index in [0.29, 0.717) is 10.2 Å². The summed E-state index contributed by atoms with van der Waals surface area (Å²) in [7, 11) is 0. The molecule has 104 valence electrons. The number of carbonyl (C=O) groups excluding carboxylic acids is 1. The zero-order valence-corrected chi connectivity index (χ0v) is 13.0. The summed E-state index contributed by atoms with van der Waals surface area (Å²) in [5.74, 6) is -0.818. The van der Waals surface area contributed by atoms with Crippen LogP contribution in [0, 0.1) is 26.6 Å². The van der Waals surface area contributed by atoms with Gasteiger partial charge in [0.15, 0.2) is 0 Å². The molecule has 1 amide bonds. The van der Waals surface area contributed by atoms with E-state index in [-0.39, 0.29) is 11.5 Å². The van der Waals surface area contributed by atoms with Crippen LogP contribution in [0.25, 0.3) is 0 Å². The minimum atomic E-state index is -0.450. The molecule has 1 aromatic carbocycles. The SMILES string of the molecule is Cc1cc(C)c(NC(=O)c2cc(F)ccc2Br)c(C)n1. The Morgan fingerprint density at radius 2 is 1.95 bits per heavy atom. The number of aryl methyl sites for hydroxylation is 3. The van der Waals surface area contributed by atoms with Crippen LogP contribution >= 0.6 is 15.9 Å². The van der Waals surface area contributed by atoms with Crippen molar-refractivity contribution in [3.63, 3.8) is 0 Å². The second-order valence-corrected chi connectivity index (χ2v) is 5.47. The number of aromatic nitrogens is 1. The van der Waals surface area contributed by atoms with Crippen molar-refractivity contribution in [1.29, 1.82) is 0 Å². The van der Waals surface area contributed by atoms with E-state index in [1.807, 2.05) is 26.8 Å². The highest BCUT2D eigenvalue weighted by Gasteiger charge is 2.14. The number of amides is 1. The largest absolute Gasteiger partial charge is 0.320 e. The number of halogens is 2. The number of anilines is 1. The van der Waals surface area contributed by atoms with Gasteiger partial charge in [0.25, 0.3) is 5.91 Å². The maximum absolute atomic E-state index is 13.2. The van der Waals surface area contributed by atoms with Crippen molar-refractivity contribution in [3.05, 3.63) is 57.1 Å². The van der Waals surface area contributed by atoms with E-state index in [1.54, 1.807) is 0 Å². The lowest BCUT2D eigenvalue weighted by Crippen LogP contribution is -2.15. The van der Waals surface area contributed by atoms with Gasteiger partial charge in [-0.25, -0.2) is 4.39 Å². The molecule has 2 aromatic rings. The molecule has 1 heterocycles. The summed E-state index contributed by atoms with van der Waals surface area (Å²) in [6.45, 7) is 5.63. The van der Waals surface area contributed by atoms with Gasteiger partial charge in [-0.3, -0.25) is 9.78 Å². The van der Waals surface area contributed by atoms with Gasteiger partial charge in [0.2, 0.25) is 0 Å². The van der Waals surface area contributed by atoms with Crippen LogP contribution in [0.2, 0.25) is 0 Å². The van der Waals surface area contributed by atoms with Crippen molar-refractivity contribution in [2.24, 2.45) is 0 Å². The highest BCUT2D eigenvalue weighted by atomic mass is 79.9. The lowest BCUT2D eigenvalue weighted by atomic mass is 10.1. The Hall–Kier alpha value is -1.75.